The Morgan fingerprint density at radius 3 is 1.93 bits per heavy atom. The molecule has 0 spiro atoms. The van der Waals surface area contributed by atoms with E-state index in [-0.39, 0.29) is 30.3 Å². The lowest BCUT2D eigenvalue weighted by molar-refractivity contribution is -0.234. The molecule has 5 atom stereocenters. The average Bonchev–Trinajstić information content (AvgIpc) is 3.09. The largest absolute Gasteiger partial charge is 0.370 e. The third-order valence-corrected chi connectivity index (χ3v) is 8.95. The van der Waals surface area contributed by atoms with Gasteiger partial charge >= 0.3 is 0 Å². The molecule has 5 nitrogen and oxygen atoms in total. The molecule has 1 saturated heterocycles. The van der Waals surface area contributed by atoms with Crippen LogP contribution in [0.25, 0.3) is 11.3 Å². The van der Waals surface area contributed by atoms with Crippen LogP contribution in [-0.2, 0) is 33.8 Å². The van der Waals surface area contributed by atoms with Gasteiger partial charge in [0.25, 0.3) is 0 Å². The molecule has 0 bridgehead atoms. The van der Waals surface area contributed by atoms with E-state index in [0.717, 1.165) is 45.6 Å². The van der Waals surface area contributed by atoms with Crippen molar-refractivity contribution in [3.63, 3.8) is 0 Å². The van der Waals surface area contributed by atoms with E-state index in [4.69, 9.17) is 25.8 Å². The molecule has 5 aromatic rings. The maximum absolute atomic E-state index is 6.85. The first-order chi connectivity index (χ1) is 22.1. The second-order valence-corrected chi connectivity index (χ2v) is 12.1. The number of halogens is 1. The van der Waals surface area contributed by atoms with Crippen molar-refractivity contribution in [1.82, 2.24) is 10.2 Å². The van der Waals surface area contributed by atoms with Crippen LogP contribution in [0, 0.1) is 5.92 Å². The number of hydrogen-bond donors (Lipinski definition) is 0. The number of aromatic nitrogens is 2. The standard InChI is InChI=1S/C39H39ClN2O3/c1-3-36-27(2)37(43-25-28-13-7-4-8-14-28)39(44-26-29-15-9-5-10-16-29)38(45-36)31-19-21-34(40)32(23-31)24-33-20-22-35(42-41-33)30-17-11-6-12-18-30/h4-23,27,36-39H,3,24-26H2,1-2H3/t27-,36-,37+,38+,39-/m1/s1. The molecule has 0 radical (unpaired) electrons. The monoisotopic (exact) mass is 618 g/mol. The molecular weight excluding hydrogens is 580 g/mol. The normalized spacial score (nSPS) is 21.4. The van der Waals surface area contributed by atoms with Crippen molar-refractivity contribution in [3.05, 3.63) is 154 Å². The fourth-order valence-electron chi connectivity index (χ4n) is 6.09. The van der Waals surface area contributed by atoms with Gasteiger partial charge in [0.15, 0.2) is 0 Å². The molecule has 0 aliphatic carbocycles. The number of ether oxygens (including phenoxy) is 3. The van der Waals surface area contributed by atoms with E-state index in [9.17, 15) is 0 Å². The molecular formula is C39H39ClN2O3. The van der Waals surface area contributed by atoms with E-state index in [0.29, 0.717) is 24.7 Å². The molecule has 4 aromatic carbocycles. The first kappa shape index (κ1) is 31.1. The van der Waals surface area contributed by atoms with Crippen LogP contribution in [0.5, 0.6) is 0 Å². The molecule has 45 heavy (non-hydrogen) atoms. The summed E-state index contributed by atoms with van der Waals surface area (Å²) >= 11 is 6.77. The zero-order chi connectivity index (χ0) is 31.0. The van der Waals surface area contributed by atoms with Crippen LogP contribution >= 0.6 is 11.6 Å². The summed E-state index contributed by atoms with van der Waals surface area (Å²) < 4.78 is 20.3. The number of benzene rings is 4. The van der Waals surface area contributed by atoms with Gasteiger partial charge in [-0.05, 0) is 46.9 Å². The lowest BCUT2D eigenvalue weighted by Gasteiger charge is -2.46. The van der Waals surface area contributed by atoms with Gasteiger partial charge in [0.1, 0.15) is 12.2 Å². The Bertz CT molecular complexity index is 1630. The van der Waals surface area contributed by atoms with Crippen LogP contribution in [0.4, 0.5) is 0 Å². The molecule has 1 fully saturated rings. The Balaban J connectivity index is 1.28. The Hall–Kier alpha value is -3.87. The molecule has 0 unspecified atom stereocenters. The van der Waals surface area contributed by atoms with Gasteiger partial charge in [-0.15, -0.1) is 0 Å². The zero-order valence-electron chi connectivity index (χ0n) is 25.8. The van der Waals surface area contributed by atoms with E-state index in [1.807, 2.05) is 84.9 Å². The minimum Gasteiger partial charge on any atom is -0.370 e. The van der Waals surface area contributed by atoms with Crippen LogP contribution < -0.4 is 0 Å². The van der Waals surface area contributed by atoms with Crippen LogP contribution in [0.2, 0.25) is 5.02 Å². The second-order valence-electron chi connectivity index (χ2n) is 11.7. The van der Waals surface area contributed by atoms with Crippen molar-refractivity contribution in [1.29, 1.82) is 0 Å². The highest BCUT2D eigenvalue weighted by atomic mass is 35.5. The van der Waals surface area contributed by atoms with Crippen molar-refractivity contribution in [2.75, 3.05) is 0 Å². The summed E-state index contributed by atoms with van der Waals surface area (Å²) in [4.78, 5) is 0. The lowest BCUT2D eigenvalue weighted by Crippen LogP contribution is -2.51. The first-order valence-corrected chi connectivity index (χ1v) is 16.1. The van der Waals surface area contributed by atoms with Gasteiger partial charge in [-0.2, -0.15) is 10.2 Å². The fourth-order valence-corrected chi connectivity index (χ4v) is 6.27. The van der Waals surface area contributed by atoms with Gasteiger partial charge in [0.05, 0.1) is 36.8 Å². The van der Waals surface area contributed by atoms with Gasteiger partial charge in [-0.25, -0.2) is 0 Å². The fraction of sp³-hybridized carbons (Fsp3) is 0.282. The van der Waals surface area contributed by atoms with E-state index in [1.165, 1.54) is 0 Å². The minimum atomic E-state index is -0.335. The quantitative estimate of drug-likeness (QED) is 0.148. The van der Waals surface area contributed by atoms with Crippen molar-refractivity contribution in [2.45, 2.75) is 64.3 Å². The Morgan fingerprint density at radius 1 is 0.711 bits per heavy atom. The summed E-state index contributed by atoms with van der Waals surface area (Å²) in [5.41, 5.74) is 6.95. The second kappa shape index (κ2) is 14.9. The summed E-state index contributed by atoms with van der Waals surface area (Å²) in [7, 11) is 0. The maximum Gasteiger partial charge on any atom is 0.115 e. The van der Waals surface area contributed by atoms with Crippen molar-refractivity contribution >= 4 is 11.6 Å². The van der Waals surface area contributed by atoms with Gasteiger partial charge < -0.3 is 14.2 Å². The smallest absolute Gasteiger partial charge is 0.115 e. The average molecular weight is 619 g/mol. The van der Waals surface area contributed by atoms with E-state index >= 15 is 0 Å². The van der Waals surface area contributed by atoms with Crippen LogP contribution in [0.15, 0.2) is 121 Å². The summed E-state index contributed by atoms with van der Waals surface area (Å²) in [5.74, 6) is 0.140. The third kappa shape index (κ3) is 7.69. The molecule has 0 saturated carbocycles. The van der Waals surface area contributed by atoms with Gasteiger partial charge in [0, 0.05) is 22.9 Å². The Kier molecular flexibility index (Phi) is 10.3. The summed E-state index contributed by atoms with van der Waals surface area (Å²) in [6.07, 6.45) is 0.608. The Morgan fingerprint density at radius 2 is 1.33 bits per heavy atom. The van der Waals surface area contributed by atoms with E-state index in [2.05, 4.69) is 60.4 Å². The predicted molar refractivity (Wildman–Crippen MR) is 179 cm³/mol. The van der Waals surface area contributed by atoms with Crippen LogP contribution in [0.3, 0.4) is 0 Å². The van der Waals surface area contributed by atoms with Gasteiger partial charge in [-0.3, -0.25) is 0 Å². The summed E-state index contributed by atoms with van der Waals surface area (Å²) in [5, 5.41) is 9.69. The third-order valence-electron chi connectivity index (χ3n) is 8.58. The predicted octanol–water partition coefficient (Wildman–Crippen LogP) is 9.04. The van der Waals surface area contributed by atoms with E-state index < -0.39 is 0 Å². The number of rotatable bonds is 11. The highest BCUT2D eigenvalue weighted by Gasteiger charge is 2.45. The van der Waals surface area contributed by atoms with Gasteiger partial charge in [-0.1, -0.05) is 129 Å². The highest BCUT2D eigenvalue weighted by molar-refractivity contribution is 6.31. The number of hydrogen-bond acceptors (Lipinski definition) is 5. The first-order valence-electron chi connectivity index (χ1n) is 15.7. The minimum absolute atomic E-state index is 0.0166. The highest BCUT2D eigenvalue weighted by Crippen LogP contribution is 2.41. The summed E-state index contributed by atoms with van der Waals surface area (Å²) in [6.45, 7) is 5.35. The van der Waals surface area contributed by atoms with Gasteiger partial charge in [0.2, 0.25) is 0 Å². The lowest BCUT2D eigenvalue weighted by atomic mass is 9.84. The molecule has 0 N–H and O–H groups in total. The molecule has 230 valence electrons. The Labute approximate surface area is 271 Å². The van der Waals surface area contributed by atoms with Crippen LogP contribution in [-0.4, -0.2) is 28.5 Å². The molecule has 6 rings (SSSR count). The van der Waals surface area contributed by atoms with E-state index in [1.54, 1.807) is 0 Å². The van der Waals surface area contributed by atoms with Crippen LogP contribution in [0.1, 0.15) is 54.3 Å². The molecule has 1 aliphatic heterocycles. The topological polar surface area (TPSA) is 53.5 Å². The molecule has 2 heterocycles. The molecule has 0 amide bonds. The number of nitrogens with zero attached hydrogens (tertiary/aromatic N) is 2. The van der Waals surface area contributed by atoms with Crippen molar-refractivity contribution in [2.24, 2.45) is 5.92 Å². The molecule has 1 aromatic heterocycles. The molecule has 6 heteroatoms. The maximum atomic E-state index is 6.85. The van der Waals surface area contributed by atoms with Crippen molar-refractivity contribution < 1.29 is 14.2 Å². The SMILES string of the molecule is CC[C@H]1O[C@@H](c2ccc(Cl)c(Cc3ccc(-c4ccccc4)nn3)c2)[C@H](OCc2ccccc2)[C@@H](OCc2ccccc2)[C@@H]1C. The zero-order valence-corrected chi connectivity index (χ0v) is 26.5. The summed E-state index contributed by atoms with van der Waals surface area (Å²) in [6, 6.07) is 40.8. The van der Waals surface area contributed by atoms with Crippen molar-refractivity contribution in [3.8, 4) is 11.3 Å². The molecule has 1 aliphatic rings.